The summed E-state index contributed by atoms with van der Waals surface area (Å²) in [7, 11) is 2.14. The highest BCUT2D eigenvalue weighted by Crippen LogP contribution is 2.21. The van der Waals surface area contributed by atoms with Crippen LogP contribution in [-0.4, -0.2) is 43.0 Å². The Kier molecular flexibility index (Phi) is 10.9. The topological polar surface area (TPSA) is 58.4 Å². The zero-order valence-corrected chi connectivity index (χ0v) is 14.8. The fourth-order valence-electron chi connectivity index (χ4n) is 2.39. The van der Waals surface area contributed by atoms with Crippen LogP contribution in [0.4, 0.5) is 0 Å². The molecule has 0 spiro atoms. The standard InChI is InChI=1S/C14H29N3O.2ClH/c1-14(2,3)12(15)13(18)16-9-10-17(4)11-7-5-6-8-11;;/h11-12H,5-10,15H2,1-4H3,(H,16,18);2*1H/t12-;;/m1../s1. The third-order valence-corrected chi connectivity index (χ3v) is 3.93. The van der Waals surface area contributed by atoms with Gasteiger partial charge in [0.25, 0.3) is 0 Å². The zero-order valence-electron chi connectivity index (χ0n) is 13.1. The van der Waals surface area contributed by atoms with E-state index in [-0.39, 0.29) is 36.1 Å². The molecule has 0 aliphatic heterocycles. The van der Waals surface area contributed by atoms with Crippen LogP contribution in [0.2, 0.25) is 0 Å². The van der Waals surface area contributed by atoms with Crippen molar-refractivity contribution < 1.29 is 4.79 Å². The van der Waals surface area contributed by atoms with Gasteiger partial charge in [-0.2, -0.15) is 0 Å². The average molecular weight is 328 g/mol. The predicted molar refractivity (Wildman–Crippen MR) is 89.8 cm³/mol. The quantitative estimate of drug-likeness (QED) is 0.813. The SMILES string of the molecule is CN(CCNC(=O)[C@@H](N)C(C)(C)C)C1CCCC1.Cl.Cl. The Labute approximate surface area is 136 Å². The van der Waals surface area contributed by atoms with Crippen molar-refractivity contribution in [3.63, 3.8) is 0 Å². The number of carbonyl (C=O) groups excluding carboxylic acids is 1. The van der Waals surface area contributed by atoms with Crippen LogP contribution in [-0.2, 0) is 4.79 Å². The molecule has 0 heterocycles. The number of nitrogens with one attached hydrogen (secondary N) is 1. The minimum Gasteiger partial charge on any atom is -0.353 e. The molecule has 4 nitrogen and oxygen atoms in total. The van der Waals surface area contributed by atoms with Gasteiger partial charge < -0.3 is 16.0 Å². The van der Waals surface area contributed by atoms with E-state index in [0.29, 0.717) is 12.6 Å². The van der Waals surface area contributed by atoms with Crippen LogP contribution >= 0.6 is 24.8 Å². The number of rotatable bonds is 5. The van der Waals surface area contributed by atoms with E-state index in [4.69, 9.17) is 5.73 Å². The lowest BCUT2D eigenvalue weighted by molar-refractivity contribution is -0.124. The van der Waals surface area contributed by atoms with Gasteiger partial charge in [0.2, 0.25) is 5.91 Å². The predicted octanol–water partition coefficient (Wildman–Crippen LogP) is 2.19. The van der Waals surface area contributed by atoms with Crippen molar-refractivity contribution in [2.24, 2.45) is 11.1 Å². The first-order valence-electron chi connectivity index (χ1n) is 7.06. The largest absolute Gasteiger partial charge is 0.353 e. The molecule has 1 saturated carbocycles. The maximum absolute atomic E-state index is 11.8. The molecule has 1 aliphatic carbocycles. The van der Waals surface area contributed by atoms with Gasteiger partial charge in [0.1, 0.15) is 0 Å². The van der Waals surface area contributed by atoms with E-state index in [1.54, 1.807) is 0 Å². The average Bonchev–Trinajstić information content (AvgIpc) is 2.79. The molecule has 0 unspecified atom stereocenters. The van der Waals surface area contributed by atoms with Gasteiger partial charge in [0.15, 0.2) is 0 Å². The lowest BCUT2D eigenvalue weighted by Gasteiger charge is -2.27. The minimum absolute atomic E-state index is 0. The first-order chi connectivity index (χ1) is 8.32. The Morgan fingerprint density at radius 2 is 1.80 bits per heavy atom. The smallest absolute Gasteiger partial charge is 0.237 e. The van der Waals surface area contributed by atoms with E-state index in [0.717, 1.165) is 6.54 Å². The molecule has 3 N–H and O–H groups in total. The van der Waals surface area contributed by atoms with Gasteiger partial charge in [0, 0.05) is 19.1 Å². The molecule has 1 rings (SSSR count). The molecule has 6 heteroatoms. The minimum atomic E-state index is -0.436. The van der Waals surface area contributed by atoms with E-state index < -0.39 is 6.04 Å². The third-order valence-electron chi connectivity index (χ3n) is 3.93. The number of amides is 1. The fraction of sp³-hybridized carbons (Fsp3) is 0.929. The lowest BCUT2D eigenvalue weighted by atomic mass is 9.87. The number of halogens is 2. The molecule has 1 fully saturated rings. The molecule has 20 heavy (non-hydrogen) atoms. The Balaban J connectivity index is 0. The molecule has 0 aromatic carbocycles. The molecule has 1 amide bonds. The number of nitrogens with zero attached hydrogens (tertiary/aromatic N) is 1. The second-order valence-corrected chi connectivity index (χ2v) is 6.55. The Bertz CT molecular complexity index is 276. The summed E-state index contributed by atoms with van der Waals surface area (Å²) in [6, 6.07) is 0.271. The highest BCUT2D eigenvalue weighted by Gasteiger charge is 2.27. The van der Waals surface area contributed by atoms with Crippen molar-refractivity contribution in [1.82, 2.24) is 10.2 Å². The summed E-state index contributed by atoms with van der Waals surface area (Å²) < 4.78 is 0. The summed E-state index contributed by atoms with van der Waals surface area (Å²) in [5.74, 6) is -0.0395. The summed E-state index contributed by atoms with van der Waals surface area (Å²) in [6.07, 6.45) is 5.28. The monoisotopic (exact) mass is 327 g/mol. The van der Waals surface area contributed by atoms with Crippen molar-refractivity contribution >= 4 is 30.7 Å². The van der Waals surface area contributed by atoms with Gasteiger partial charge in [-0.3, -0.25) is 4.79 Å². The van der Waals surface area contributed by atoms with Crippen LogP contribution < -0.4 is 11.1 Å². The van der Waals surface area contributed by atoms with Crippen molar-refractivity contribution in [3.8, 4) is 0 Å². The van der Waals surface area contributed by atoms with Gasteiger partial charge in [-0.25, -0.2) is 0 Å². The second-order valence-electron chi connectivity index (χ2n) is 6.55. The molecule has 1 atom stereocenters. The molecular formula is C14H31Cl2N3O. The summed E-state index contributed by atoms with van der Waals surface area (Å²) in [6.45, 7) is 7.56. The molecule has 0 radical (unpaired) electrons. The van der Waals surface area contributed by atoms with Gasteiger partial charge in [-0.05, 0) is 25.3 Å². The number of hydrogen-bond donors (Lipinski definition) is 2. The number of carbonyl (C=O) groups is 1. The normalized spacial score (nSPS) is 17.3. The zero-order chi connectivity index (χ0) is 13.8. The van der Waals surface area contributed by atoms with E-state index >= 15 is 0 Å². The Hall–Kier alpha value is -0.0300. The van der Waals surface area contributed by atoms with Crippen LogP contribution in [0.25, 0.3) is 0 Å². The van der Waals surface area contributed by atoms with E-state index in [1.165, 1.54) is 25.7 Å². The third kappa shape index (κ3) is 7.11. The number of nitrogens with two attached hydrogens (primary N) is 1. The van der Waals surface area contributed by atoms with Crippen LogP contribution in [0.3, 0.4) is 0 Å². The Morgan fingerprint density at radius 3 is 2.25 bits per heavy atom. The van der Waals surface area contributed by atoms with Crippen LogP contribution in [0.5, 0.6) is 0 Å². The molecule has 0 bridgehead atoms. The van der Waals surface area contributed by atoms with Crippen LogP contribution in [0.1, 0.15) is 46.5 Å². The number of likely N-dealkylation sites (N-methyl/N-ethyl adjacent to an activating group) is 1. The highest BCUT2D eigenvalue weighted by molar-refractivity contribution is 5.85. The maximum Gasteiger partial charge on any atom is 0.237 e. The van der Waals surface area contributed by atoms with Gasteiger partial charge in [-0.1, -0.05) is 33.6 Å². The Morgan fingerprint density at radius 1 is 1.30 bits per heavy atom. The first-order valence-corrected chi connectivity index (χ1v) is 7.06. The second kappa shape index (κ2) is 9.82. The van der Waals surface area contributed by atoms with E-state index in [1.807, 2.05) is 20.8 Å². The fourth-order valence-corrected chi connectivity index (χ4v) is 2.39. The molecule has 0 saturated heterocycles. The highest BCUT2D eigenvalue weighted by atomic mass is 35.5. The van der Waals surface area contributed by atoms with Crippen molar-refractivity contribution in [1.29, 1.82) is 0 Å². The van der Waals surface area contributed by atoms with Crippen LogP contribution in [0.15, 0.2) is 0 Å². The van der Waals surface area contributed by atoms with Crippen molar-refractivity contribution in [2.75, 3.05) is 20.1 Å². The first kappa shape index (κ1) is 22.3. The summed E-state index contributed by atoms with van der Waals surface area (Å²) in [4.78, 5) is 14.2. The van der Waals surface area contributed by atoms with Crippen molar-refractivity contribution in [2.45, 2.75) is 58.5 Å². The van der Waals surface area contributed by atoms with Crippen LogP contribution in [0, 0.1) is 5.41 Å². The summed E-state index contributed by atoms with van der Waals surface area (Å²) >= 11 is 0. The maximum atomic E-state index is 11.8. The molecule has 0 aromatic rings. The summed E-state index contributed by atoms with van der Waals surface area (Å²) in [5, 5.41) is 2.94. The molecule has 1 aliphatic rings. The lowest BCUT2D eigenvalue weighted by Crippen LogP contribution is -2.50. The molecule has 0 aromatic heterocycles. The molecule has 122 valence electrons. The van der Waals surface area contributed by atoms with Gasteiger partial charge in [0.05, 0.1) is 6.04 Å². The van der Waals surface area contributed by atoms with Gasteiger partial charge in [-0.15, -0.1) is 24.8 Å². The van der Waals surface area contributed by atoms with E-state index in [2.05, 4.69) is 17.3 Å². The summed E-state index contributed by atoms with van der Waals surface area (Å²) in [5.41, 5.74) is 5.73. The van der Waals surface area contributed by atoms with Gasteiger partial charge >= 0.3 is 0 Å². The number of hydrogen-bond acceptors (Lipinski definition) is 3. The van der Waals surface area contributed by atoms with E-state index in [9.17, 15) is 4.79 Å². The molecular weight excluding hydrogens is 297 g/mol. The van der Waals surface area contributed by atoms with Crippen molar-refractivity contribution in [3.05, 3.63) is 0 Å².